The summed E-state index contributed by atoms with van der Waals surface area (Å²) in [6, 6.07) is 7.05. The van der Waals surface area contributed by atoms with E-state index in [-0.39, 0.29) is 28.8 Å². The maximum Gasteiger partial charge on any atom is 0.358 e. The van der Waals surface area contributed by atoms with Gasteiger partial charge in [-0.3, -0.25) is 0 Å². The van der Waals surface area contributed by atoms with E-state index in [1.54, 1.807) is 0 Å². The SMILES string of the molecule is Nc1cc(C2CC(Cl)=NO2)nc(C(=O)OCc2ccc(F)cc2)c1Cl. The van der Waals surface area contributed by atoms with Gasteiger partial charge in [0.15, 0.2) is 11.8 Å². The van der Waals surface area contributed by atoms with Crippen LogP contribution < -0.4 is 5.73 Å². The van der Waals surface area contributed by atoms with Gasteiger partial charge in [-0.25, -0.2) is 14.2 Å². The first-order valence-corrected chi connectivity index (χ1v) is 7.95. The topological polar surface area (TPSA) is 86.8 Å². The summed E-state index contributed by atoms with van der Waals surface area (Å²) in [5.41, 5.74) is 6.85. The predicted molar refractivity (Wildman–Crippen MR) is 90.9 cm³/mol. The zero-order chi connectivity index (χ0) is 18.0. The summed E-state index contributed by atoms with van der Waals surface area (Å²) in [7, 11) is 0. The van der Waals surface area contributed by atoms with Crippen LogP contribution in [-0.4, -0.2) is 16.1 Å². The number of oxime groups is 1. The minimum absolute atomic E-state index is 0.0159. The highest BCUT2D eigenvalue weighted by atomic mass is 35.5. The van der Waals surface area contributed by atoms with Crippen molar-refractivity contribution < 1.29 is 18.8 Å². The maximum absolute atomic E-state index is 12.9. The van der Waals surface area contributed by atoms with Gasteiger partial charge in [-0.15, -0.1) is 0 Å². The Morgan fingerprint density at radius 1 is 1.36 bits per heavy atom. The first kappa shape index (κ1) is 17.4. The smallest absolute Gasteiger partial charge is 0.358 e. The second-order valence-electron chi connectivity index (χ2n) is 5.27. The van der Waals surface area contributed by atoms with E-state index >= 15 is 0 Å². The average Bonchev–Trinajstić information content (AvgIpc) is 3.03. The minimum atomic E-state index is -0.757. The maximum atomic E-state index is 12.9. The molecule has 0 fully saturated rings. The zero-order valence-electron chi connectivity index (χ0n) is 12.7. The molecule has 0 saturated heterocycles. The Morgan fingerprint density at radius 3 is 2.72 bits per heavy atom. The van der Waals surface area contributed by atoms with Gasteiger partial charge in [0, 0.05) is 6.42 Å². The summed E-state index contributed by atoms with van der Waals surface area (Å²) in [5, 5.41) is 3.90. The molecule has 6 nitrogen and oxygen atoms in total. The molecule has 1 unspecified atom stereocenters. The largest absolute Gasteiger partial charge is 0.456 e. The number of carbonyl (C=O) groups is 1. The van der Waals surface area contributed by atoms with Crippen molar-refractivity contribution in [1.29, 1.82) is 0 Å². The summed E-state index contributed by atoms with van der Waals surface area (Å²) in [5.74, 6) is -1.13. The van der Waals surface area contributed by atoms with Crippen molar-refractivity contribution in [2.75, 3.05) is 5.73 Å². The molecule has 1 aromatic heterocycles. The van der Waals surface area contributed by atoms with Crippen LogP contribution in [0.15, 0.2) is 35.5 Å². The van der Waals surface area contributed by atoms with E-state index in [9.17, 15) is 9.18 Å². The number of benzene rings is 1. The van der Waals surface area contributed by atoms with Gasteiger partial charge < -0.3 is 15.3 Å². The molecule has 9 heteroatoms. The number of ether oxygens (including phenoxy) is 1. The van der Waals surface area contributed by atoms with Crippen LogP contribution >= 0.6 is 23.2 Å². The van der Waals surface area contributed by atoms with Gasteiger partial charge in [-0.2, -0.15) is 0 Å². The summed E-state index contributed by atoms with van der Waals surface area (Å²) in [6.45, 7) is -0.0594. The van der Waals surface area contributed by atoms with E-state index in [0.717, 1.165) is 0 Å². The van der Waals surface area contributed by atoms with Crippen molar-refractivity contribution in [3.8, 4) is 0 Å². The van der Waals surface area contributed by atoms with E-state index in [0.29, 0.717) is 22.8 Å². The number of nitrogens with zero attached hydrogens (tertiary/aromatic N) is 2. The molecule has 0 spiro atoms. The van der Waals surface area contributed by atoms with Crippen LogP contribution in [0.5, 0.6) is 0 Å². The van der Waals surface area contributed by atoms with Crippen LogP contribution in [0.2, 0.25) is 5.02 Å². The number of nitrogens with two attached hydrogens (primary N) is 1. The van der Waals surface area contributed by atoms with Crippen molar-refractivity contribution in [2.24, 2.45) is 5.16 Å². The number of pyridine rings is 1. The number of anilines is 1. The molecule has 0 radical (unpaired) electrons. The Bertz CT molecular complexity index is 843. The van der Waals surface area contributed by atoms with Crippen LogP contribution in [-0.2, 0) is 16.2 Å². The van der Waals surface area contributed by atoms with Crippen LogP contribution in [0, 0.1) is 5.82 Å². The number of halogens is 3. The summed E-state index contributed by atoms with van der Waals surface area (Å²) in [4.78, 5) is 21.6. The molecule has 2 aromatic rings. The van der Waals surface area contributed by atoms with E-state index in [1.165, 1.54) is 30.3 Å². The number of carbonyl (C=O) groups excluding carboxylic acids is 1. The second-order valence-corrected chi connectivity index (χ2v) is 6.08. The van der Waals surface area contributed by atoms with Crippen molar-refractivity contribution >= 4 is 40.0 Å². The van der Waals surface area contributed by atoms with Crippen LogP contribution in [0.1, 0.15) is 34.3 Å². The molecule has 1 atom stereocenters. The van der Waals surface area contributed by atoms with Crippen LogP contribution in [0.3, 0.4) is 0 Å². The lowest BCUT2D eigenvalue weighted by Gasteiger charge is -2.12. The highest BCUT2D eigenvalue weighted by Gasteiger charge is 2.27. The van der Waals surface area contributed by atoms with E-state index in [4.69, 9.17) is 38.5 Å². The van der Waals surface area contributed by atoms with Gasteiger partial charge in [-0.1, -0.05) is 40.5 Å². The van der Waals surface area contributed by atoms with Crippen molar-refractivity contribution in [3.05, 3.63) is 58.1 Å². The molecule has 130 valence electrons. The second kappa shape index (κ2) is 7.25. The molecule has 25 heavy (non-hydrogen) atoms. The molecule has 0 bridgehead atoms. The molecule has 2 N–H and O–H groups in total. The summed E-state index contributed by atoms with van der Waals surface area (Å²) in [6.07, 6.45) is -0.226. The molecule has 1 aromatic carbocycles. The Labute approximate surface area is 152 Å². The third-order valence-electron chi connectivity index (χ3n) is 3.44. The van der Waals surface area contributed by atoms with E-state index in [1.807, 2.05) is 0 Å². The Morgan fingerprint density at radius 2 is 2.08 bits per heavy atom. The van der Waals surface area contributed by atoms with Crippen LogP contribution in [0.25, 0.3) is 0 Å². The number of hydrogen-bond donors (Lipinski definition) is 1. The van der Waals surface area contributed by atoms with Gasteiger partial charge in [0.2, 0.25) is 0 Å². The van der Waals surface area contributed by atoms with Gasteiger partial charge in [-0.05, 0) is 23.8 Å². The third-order valence-corrected chi connectivity index (χ3v) is 4.07. The summed E-state index contributed by atoms with van der Waals surface area (Å²) < 4.78 is 18.1. The summed E-state index contributed by atoms with van der Waals surface area (Å²) >= 11 is 11.8. The number of rotatable bonds is 4. The molecule has 0 aliphatic carbocycles. The highest BCUT2D eigenvalue weighted by Crippen LogP contribution is 2.32. The molecule has 0 saturated carbocycles. The normalized spacial score (nSPS) is 16.3. The fourth-order valence-corrected chi connectivity index (χ4v) is 2.53. The number of hydrogen-bond acceptors (Lipinski definition) is 6. The monoisotopic (exact) mass is 383 g/mol. The number of esters is 1. The van der Waals surface area contributed by atoms with Gasteiger partial charge >= 0.3 is 5.97 Å². The molecule has 3 rings (SSSR count). The predicted octanol–water partition coefficient (Wildman–Crippen LogP) is 3.83. The fraction of sp³-hybridized carbons (Fsp3) is 0.188. The zero-order valence-corrected chi connectivity index (χ0v) is 14.2. The van der Waals surface area contributed by atoms with Gasteiger partial charge in [0.1, 0.15) is 17.6 Å². The van der Waals surface area contributed by atoms with Crippen molar-refractivity contribution in [1.82, 2.24) is 4.98 Å². The first-order valence-electron chi connectivity index (χ1n) is 7.19. The van der Waals surface area contributed by atoms with E-state index < -0.39 is 12.1 Å². The Kier molecular flexibility index (Phi) is 5.06. The van der Waals surface area contributed by atoms with E-state index in [2.05, 4.69) is 10.1 Å². The van der Waals surface area contributed by atoms with Crippen LogP contribution in [0.4, 0.5) is 10.1 Å². The molecule has 0 amide bonds. The van der Waals surface area contributed by atoms with Gasteiger partial charge in [0.05, 0.1) is 16.4 Å². The third kappa shape index (κ3) is 4.00. The lowest BCUT2D eigenvalue weighted by molar-refractivity contribution is 0.0462. The van der Waals surface area contributed by atoms with Crippen molar-refractivity contribution in [3.63, 3.8) is 0 Å². The molecule has 1 aliphatic rings. The number of nitrogen functional groups attached to an aromatic ring is 1. The minimum Gasteiger partial charge on any atom is -0.456 e. The Balaban J connectivity index is 1.77. The van der Waals surface area contributed by atoms with Gasteiger partial charge in [0.25, 0.3) is 0 Å². The molecule has 1 aliphatic heterocycles. The highest BCUT2D eigenvalue weighted by molar-refractivity contribution is 6.65. The first-order chi connectivity index (χ1) is 11.9. The molecular formula is C16H12Cl2FN3O3. The fourth-order valence-electron chi connectivity index (χ4n) is 2.17. The lowest BCUT2D eigenvalue weighted by atomic mass is 10.1. The molecular weight excluding hydrogens is 372 g/mol. The number of aromatic nitrogens is 1. The quantitative estimate of drug-likeness (QED) is 0.810. The molecule has 2 heterocycles. The average molecular weight is 384 g/mol. The van der Waals surface area contributed by atoms with Crippen molar-refractivity contribution in [2.45, 2.75) is 19.1 Å². The Hall–Kier alpha value is -2.38. The standard InChI is InChI=1S/C16H12Cl2FN3O3/c17-13-6-12(25-22-13)11-5-10(20)14(18)15(21-11)16(23)24-7-8-1-3-9(19)4-2-8/h1-5,12H,6-7H2,(H2,20,21). The lowest BCUT2D eigenvalue weighted by Crippen LogP contribution is -2.13.